The molecule has 346 valence electrons. The molecule has 0 saturated heterocycles. The minimum atomic E-state index is -4.63. The summed E-state index contributed by atoms with van der Waals surface area (Å²) in [6, 6.07) is 0. The number of hydrogen-bond acceptors (Lipinski definition) is 8. The molecule has 0 spiro atoms. The molecule has 0 bridgehead atoms. The van der Waals surface area contributed by atoms with Crippen LogP contribution in [0.2, 0.25) is 0 Å². The van der Waals surface area contributed by atoms with E-state index >= 15 is 0 Å². The summed E-state index contributed by atoms with van der Waals surface area (Å²) in [5.41, 5.74) is 0. The molecule has 2 unspecified atom stereocenters. The van der Waals surface area contributed by atoms with Crippen molar-refractivity contribution >= 4 is 19.8 Å². The molecule has 0 aromatic heterocycles. The van der Waals surface area contributed by atoms with Crippen molar-refractivity contribution < 1.29 is 42.1 Å². The van der Waals surface area contributed by atoms with Crippen molar-refractivity contribution in [2.24, 2.45) is 0 Å². The monoisotopic (exact) mass is 854 g/mol. The molecule has 0 fully saturated rings. The van der Waals surface area contributed by atoms with Gasteiger partial charge in [0.25, 0.3) is 7.82 Å². The van der Waals surface area contributed by atoms with E-state index in [2.05, 4.69) is 50.3 Å². The van der Waals surface area contributed by atoms with Crippen molar-refractivity contribution in [3.8, 4) is 0 Å². The highest BCUT2D eigenvalue weighted by Crippen LogP contribution is 2.38. The van der Waals surface area contributed by atoms with Gasteiger partial charge in [0.05, 0.1) is 27.7 Å². The molecule has 0 N–H and O–H groups in total. The third kappa shape index (κ3) is 45.6. The molecule has 2 atom stereocenters. The third-order valence-electron chi connectivity index (χ3n) is 10.4. The van der Waals surface area contributed by atoms with Crippen LogP contribution in [0, 0.1) is 0 Å². The lowest BCUT2D eigenvalue weighted by Gasteiger charge is -2.28. The Bertz CT molecular complexity index is 1100. The Morgan fingerprint density at radius 1 is 0.525 bits per heavy atom. The lowest BCUT2D eigenvalue weighted by atomic mass is 10.1. The summed E-state index contributed by atoms with van der Waals surface area (Å²) in [6.45, 7) is 4.20. The van der Waals surface area contributed by atoms with Crippen molar-refractivity contribution in [3.05, 3.63) is 36.5 Å². The maximum atomic E-state index is 12.7. The number of carbonyl (C=O) groups excluding carboxylic acids is 2. The molecule has 9 nitrogen and oxygen atoms in total. The standard InChI is InChI=1S/C49H92NO8P/c1-6-8-10-12-14-16-18-20-22-24-26-27-29-31-33-35-37-39-41-48(51)55-45-47(46-57-59(53,54)56-44-43-50(3,4)5)58-49(52)42-40-38-36-34-32-30-28-25-23-21-19-17-15-13-11-9-7-2/h15,17,21-24,47H,6-14,16,18-20,25-46H2,1-5H3/b17-15-,23-21-,24-22-. The quantitative estimate of drug-likeness (QED) is 0.0196. The molecular formula is C49H92NO8P. The zero-order valence-electron chi connectivity index (χ0n) is 39.0. The van der Waals surface area contributed by atoms with Crippen LogP contribution < -0.4 is 4.89 Å². The molecule has 0 heterocycles. The van der Waals surface area contributed by atoms with E-state index in [0.717, 1.165) is 64.2 Å². The van der Waals surface area contributed by atoms with Gasteiger partial charge in [0.15, 0.2) is 6.10 Å². The van der Waals surface area contributed by atoms with Gasteiger partial charge in [-0.2, -0.15) is 0 Å². The molecule has 0 aromatic carbocycles. The van der Waals surface area contributed by atoms with E-state index in [1.54, 1.807) is 0 Å². The molecule has 0 aliphatic heterocycles. The van der Waals surface area contributed by atoms with E-state index in [1.165, 1.54) is 116 Å². The van der Waals surface area contributed by atoms with Crippen molar-refractivity contribution in [2.45, 2.75) is 219 Å². The van der Waals surface area contributed by atoms with Gasteiger partial charge in [-0.05, 0) is 70.6 Å². The van der Waals surface area contributed by atoms with Gasteiger partial charge in [0.1, 0.15) is 19.8 Å². The molecular weight excluding hydrogens is 762 g/mol. The first-order valence-corrected chi connectivity index (χ1v) is 25.7. The van der Waals surface area contributed by atoms with Crippen LogP contribution in [0.4, 0.5) is 0 Å². The number of phosphoric ester groups is 1. The average molecular weight is 854 g/mol. The topological polar surface area (TPSA) is 111 Å². The van der Waals surface area contributed by atoms with Crippen LogP contribution in [0.1, 0.15) is 213 Å². The van der Waals surface area contributed by atoms with Gasteiger partial charge in [-0.25, -0.2) is 0 Å². The summed E-state index contributed by atoms with van der Waals surface area (Å²) in [5.74, 6) is -0.844. The zero-order valence-corrected chi connectivity index (χ0v) is 39.8. The lowest BCUT2D eigenvalue weighted by Crippen LogP contribution is -2.37. The number of rotatable bonds is 44. The second kappa shape index (κ2) is 41.6. The number of likely N-dealkylation sites (N-methyl/N-ethyl adjacent to an activating group) is 1. The largest absolute Gasteiger partial charge is 0.756 e. The summed E-state index contributed by atoms with van der Waals surface area (Å²) < 4.78 is 34.0. The number of ether oxygens (including phenoxy) is 2. The number of esters is 2. The van der Waals surface area contributed by atoms with Crippen molar-refractivity contribution in [1.29, 1.82) is 0 Å². The van der Waals surface area contributed by atoms with Crippen LogP contribution in [-0.4, -0.2) is 70.0 Å². The van der Waals surface area contributed by atoms with E-state index in [4.69, 9.17) is 18.5 Å². The molecule has 10 heteroatoms. The average Bonchev–Trinajstić information content (AvgIpc) is 3.19. The van der Waals surface area contributed by atoms with Crippen LogP contribution in [0.15, 0.2) is 36.5 Å². The maximum Gasteiger partial charge on any atom is 0.306 e. The maximum absolute atomic E-state index is 12.7. The fourth-order valence-electron chi connectivity index (χ4n) is 6.56. The van der Waals surface area contributed by atoms with Crippen LogP contribution in [0.3, 0.4) is 0 Å². The molecule has 0 amide bonds. The van der Waals surface area contributed by atoms with E-state index in [1.807, 2.05) is 21.1 Å². The fraction of sp³-hybridized carbons (Fsp3) is 0.837. The number of quaternary nitrogens is 1. The van der Waals surface area contributed by atoms with E-state index < -0.39 is 26.5 Å². The molecule has 59 heavy (non-hydrogen) atoms. The van der Waals surface area contributed by atoms with Gasteiger partial charge in [0, 0.05) is 12.8 Å². The number of nitrogens with zero attached hydrogens (tertiary/aromatic N) is 1. The Hall–Kier alpha value is -1.77. The van der Waals surface area contributed by atoms with Crippen molar-refractivity contribution in [1.82, 2.24) is 0 Å². The molecule has 0 aromatic rings. The summed E-state index contributed by atoms with van der Waals surface area (Å²) in [7, 11) is 1.16. The Labute approximate surface area is 363 Å². The molecule has 0 saturated carbocycles. The highest BCUT2D eigenvalue weighted by molar-refractivity contribution is 7.45. The number of unbranched alkanes of at least 4 members (excludes halogenated alkanes) is 24. The van der Waals surface area contributed by atoms with Gasteiger partial charge >= 0.3 is 11.9 Å². The molecule has 0 radical (unpaired) electrons. The summed E-state index contributed by atoms with van der Waals surface area (Å²) in [5, 5.41) is 0. The van der Waals surface area contributed by atoms with E-state index in [0.29, 0.717) is 17.4 Å². The highest BCUT2D eigenvalue weighted by Gasteiger charge is 2.21. The first-order valence-electron chi connectivity index (χ1n) is 24.2. The Balaban J connectivity index is 4.31. The Morgan fingerprint density at radius 3 is 1.39 bits per heavy atom. The minimum Gasteiger partial charge on any atom is -0.756 e. The predicted octanol–water partition coefficient (Wildman–Crippen LogP) is 13.5. The predicted molar refractivity (Wildman–Crippen MR) is 245 cm³/mol. The number of allylic oxidation sites excluding steroid dienone is 6. The van der Waals surface area contributed by atoms with Crippen LogP contribution in [0.25, 0.3) is 0 Å². The summed E-state index contributed by atoms with van der Waals surface area (Å²) >= 11 is 0. The molecule has 0 aliphatic carbocycles. The first kappa shape index (κ1) is 57.2. The van der Waals surface area contributed by atoms with Crippen molar-refractivity contribution in [3.63, 3.8) is 0 Å². The zero-order chi connectivity index (χ0) is 43.6. The highest BCUT2D eigenvalue weighted by atomic mass is 31.2. The van der Waals surface area contributed by atoms with Crippen molar-refractivity contribution in [2.75, 3.05) is 47.5 Å². The van der Waals surface area contributed by atoms with E-state index in [9.17, 15) is 19.0 Å². The Morgan fingerprint density at radius 2 is 0.915 bits per heavy atom. The molecule has 0 rings (SSSR count). The van der Waals surface area contributed by atoms with Crippen LogP contribution in [-0.2, 0) is 32.7 Å². The number of phosphoric acid groups is 1. The lowest BCUT2D eigenvalue weighted by molar-refractivity contribution is -0.870. The number of hydrogen-bond donors (Lipinski definition) is 0. The normalized spacial score (nSPS) is 13.8. The first-order chi connectivity index (χ1) is 28.5. The van der Waals surface area contributed by atoms with Crippen LogP contribution in [0.5, 0.6) is 0 Å². The van der Waals surface area contributed by atoms with Crippen LogP contribution >= 0.6 is 7.82 Å². The second-order valence-electron chi connectivity index (χ2n) is 17.5. The smallest absolute Gasteiger partial charge is 0.306 e. The number of carbonyl (C=O) groups is 2. The van der Waals surface area contributed by atoms with Gasteiger partial charge in [-0.1, -0.05) is 166 Å². The summed E-state index contributed by atoms with van der Waals surface area (Å²) in [6.07, 6.45) is 47.3. The van der Waals surface area contributed by atoms with Gasteiger partial charge in [0.2, 0.25) is 0 Å². The van der Waals surface area contributed by atoms with Gasteiger partial charge in [-0.3, -0.25) is 14.2 Å². The summed E-state index contributed by atoms with van der Waals surface area (Å²) in [4.78, 5) is 37.6. The van der Waals surface area contributed by atoms with E-state index in [-0.39, 0.29) is 32.0 Å². The fourth-order valence-corrected chi connectivity index (χ4v) is 7.29. The second-order valence-corrected chi connectivity index (χ2v) is 18.9. The Kier molecular flexibility index (Phi) is 40.3. The van der Waals surface area contributed by atoms with Gasteiger partial charge < -0.3 is 27.9 Å². The molecule has 0 aliphatic rings. The third-order valence-corrected chi connectivity index (χ3v) is 11.3. The van der Waals surface area contributed by atoms with Gasteiger partial charge in [-0.15, -0.1) is 0 Å². The minimum absolute atomic E-state index is 0.0331. The SMILES string of the molecule is CCCCC/C=C\C/C=C\CCCCCCCCCC(=O)OC(COC(=O)CCCCCCCCC/C=C\CCCCCCCCC)COP(=O)([O-])OCC[N+](C)(C)C.